The zero-order chi connectivity index (χ0) is 13.4. The average molecular weight is 251 g/mol. The molecule has 2 heterocycles. The van der Waals surface area contributed by atoms with Gasteiger partial charge in [-0.2, -0.15) is 0 Å². The van der Waals surface area contributed by atoms with E-state index in [1.54, 1.807) is 11.8 Å². The van der Waals surface area contributed by atoms with E-state index in [1.165, 1.54) is 5.57 Å². The molecule has 1 fully saturated rings. The molecule has 5 heteroatoms. The van der Waals surface area contributed by atoms with Crippen LogP contribution in [-0.4, -0.2) is 58.4 Å². The maximum Gasteiger partial charge on any atom is 0.220 e. The molecule has 0 aliphatic carbocycles. The molecule has 0 spiro atoms. The van der Waals surface area contributed by atoms with Gasteiger partial charge >= 0.3 is 0 Å². The van der Waals surface area contributed by atoms with Crippen molar-refractivity contribution in [2.45, 2.75) is 39.8 Å². The molecule has 18 heavy (non-hydrogen) atoms. The van der Waals surface area contributed by atoms with E-state index in [4.69, 9.17) is 0 Å². The minimum Gasteiger partial charge on any atom is -0.394 e. The number of rotatable bonds is 1. The van der Waals surface area contributed by atoms with Crippen LogP contribution in [0, 0.1) is 0 Å². The largest absolute Gasteiger partial charge is 0.394 e. The van der Waals surface area contributed by atoms with E-state index < -0.39 is 0 Å². The summed E-state index contributed by atoms with van der Waals surface area (Å²) in [6.45, 7) is 8.88. The van der Waals surface area contributed by atoms with E-state index in [2.05, 4.69) is 23.7 Å². The minimum absolute atomic E-state index is 0.00869. The van der Waals surface area contributed by atoms with Gasteiger partial charge in [-0.1, -0.05) is 0 Å². The van der Waals surface area contributed by atoms with Crippen LogP contribution in [0.15, 0.2) is 16.3 Å². The predicted molar refractivity (Wildman–Crippen MR) is 70.2 cm³/mol. The molecule has 2 rings (SSSR count). The van der Waals surface area contributed by atoms with E-state index in [0.29, 0.717) is 13.1 Å². The van der Waals surface area contributed by atoms with Gasteiger partial charge in [-0.25, -0.2) is 0 Å². The number of nitrogens with zero attached hydrogens (tertiary/aromatic N) is 3. The van der Waals surface area contributed by atoms with Crippen molar-refractivity contribution in [2.75, 3.05) is 19.7 Å². The summed E-state index contributed by atoms with van der Waals surface area (Å²) in [5.74, 6) is 0.992. The summed E-state index contributed by atoms with van der Waals surface area (Å²) in [6.07, 6.45) is 0. The Hall–Kier alpha value is -1.36. The lowest BCUT2D eigenvalue weighted by molar-refractivity contribution is -0.133. The van der Waals surface area contributed by atoms with Crippen molar-refractivity contribution in [3.05, 3.63) is 11.3 Å². The van der Waals surface area contributed by atoms with Crippen LogP contribution in [0.5, 0.6) is 0 Å². The second kappa shape index (κ2) is 4.72. The molecular formula is C13H21N3O2. The first kappa shape index (κ1) is 13.1. The zero-order valence-corrected chi connectivity index (χ0v) is 11.5. The second-order valence-electron chi connectivity index (χ2n) is 5.08. The maximum atomic E-state index is 11.7. The summed E-state index contributed by atoms with van der Waals surface area (Å²) in [7, 11) is 0. The Morgan fingerprint density at radius 3 is 2.72 bits per heavy atom. The van der Waals surface area contributed by atoms with Crippen LogP contribution in [0.3, 0.4) is 0 Å². The van der Waals surface area contributed by atoms with Gasteiger partial charge in [-0.15, -0.1) is 0 Å². The summed E-state index contributed by atoms with van der Waals surface area (Å²) in [5.41, 5.74) is 2.37. The van der Waals surface area contributed by atoms with Gasteiger partial charge in [0.15, 0.2) is 0 Å². The summed E-state index contributed by atoms with van der Waals surface area (Å²) in [4.78, 5) is 20.1. The summed E-state index contributed by atoms with van der Waals surface area (Å²) in [5, 5.41) is 9.43. The number of hydrogen-bond acceptors (Lipinski definition) is 4. The molecule has 2 aliphatic rings. The van der Waals surface area contributed by atoms with Gasteiger partial charge in [0.1, 0.15) is 5.84 Å². The number of hydrogen-bond donors (Lipinski definition) is 1. The Labute approximate surface area is 108 Å². The number of aliphatic hydroxyl groups excluding tert-OH is 1. The highest BCUT2D eigenvalue weighted by molar-refractivity contribution is 5.84. The van der Waals surface area contributed by atoms with Gasteiger partial charge in [0, 0.05) is 19.2 Å². The van der Waals surface area contributed by atoms with Crippen molar-refractivity contribution in [1.82, 2.24) is 9.80 Å². The Morgan fingerprint density at radius 2 is 2.17 bits per heavy atom. The first-order valence-corrected chi connectivity index (χ1v) is 6.35. The van der Waals surface area contributed by atoms with Crippen molar-refractivity contribution in [3.63, 3.8) is 0 Å². The molecule has 1 N–H and O–H groups in total. The van der Waals surface area contributed by atoms with Gasteiger partial charge in [-0.3, -0.25) is 9.79 Å². The smallest absolute Gasteiger partial charge is 0.220 e. The lowest BCUT2D eigenvalue weighted by Crippen LogP contribution is -2.57. The SMILES string of the molecule is CC(=O)N1CC2=C(C)C(C)N=C(C)N2CC1CO. The van der Waals surface area contributed by atoms with E-state index in [-0.39, 0.29) is 24.6 Å². The van der Waals surface area contributed by atoms with Crippen LogP contribution in [0.25, 0.3) is 0 Å². The molecule has 1 amide bonds. The molecule has 0 bridgehead atoms. The van der Waals surface area contributed by atoms with Gasteiger partial charge in [0.2, 0.25) is 5.91 Å². The van der Waals surface area contributed by atoms with Crippen molar-refractivity contribution in [2.24, 2.45) is 4.99 Å². The molecule has 2 unspecified atom stereocenters. The molecule has 0 aromatic rings. The van der Waals surface area contributed by atoms with E-state index in [1.807, 2.05) is 6.92 Å². The number of amides is 1. The molecule has 100 valence electrons. The highest BCUT2D eigenvalue weighted by Gasteiger charge is 2.35. The van der Waals surface area contributed by atoms with Crippen molar-refractivity contribution in [3.8, 4) is 0 Å². The molecule has 0 aromatic carbocycles. The Kier molecular flexibility index (Phi) is 3.43. The first-order valence-electron chi connectivity index (χ1n) is 6.35. The molecule has 1 saturated heterocycles. The van der Waals surface area contributed by atoms with Crippen molar-refractivity contribution >= 4 is 11.7 Å². The molecule has 2 aliphatic heterocycles. The third-order valence-corrected chi connectivity index (χ3v) is 3.95. The van der Waals surface area contributed by atoms with Crippen LogP contribution in [0.1, 0.15) is 27.7 Å². The second-order valence-corrected chi connectivity index (χ2v) is 5.08. The number of carbonyl (C=O) groups excluding carboxylic acids is 1. The minimum atomic E-state index is -0.141. The molecule has 0 aromatic heterocycles. The maximum absolute atomic E-state index is 11.7. The van der Waals surface area contributed by atoms with E-state index in [9.17, 15) is 9.90 Å². The normalized spacial score (nSPS) is 28.2. The number of amidine groups is 1. The zero-order valence-electron chi connectivity index (χ0n) is 11.5. The lowest BCUT2D eigenvalue weighted by atomic mass is 10.0. The first-order chi connectivity index (χ1) is 8.45. The quantitative estimate of drug-likeness (QED) is 0.742. The highest BCUT2D eigenvalue weighted by Crippen LogP contribution is 2.27. The number of carbonyl (C=O) groups is 1. The van der Waals surface area contributed by atoms with E-state index in [0.717, 1.165) is 11.5 Å². The van der Waals surface area contributed by atoms with Crippen LogP contribution >= 0.6 is 0 Å². The third kappa shape index (κ3) is 2.03. The number of aliphatic imine (C=N–C) groups is 1. The highest BCUT2D eigenvalue weighted by atomic mass is 16.3. The standard InChI is InChI=1S/C13H21N3O2/c1-8-9(2)14-10(3)15-5-12(7-17)16(11(4)18)6-13(8)15/h9,12,17H,5-7H2,1-4H3. The predicted octanol–water partition coefficient (Wildman–Crippen LogP) is 0.606. The van der Waals surface area contributed by atoms with Crippen LogP contribution < -0.4 is 0 Å². The monoisotopic (exact) mass is 251 g/mol. The third-order valence-electron chi connectivity index (χ3n) is 3.95. The Balaban J connectivity index is 2.34. The topological polar surface area (TPSA) is 56.1 Å². The van der Waals surface area contributed by atoms with Crippen LogP contribution in [-0.2, 0) is 4.79 Å². The molecule has 5 nitrogen and oxygen atoms in total. The van der Waals surface area contributed by atoms with Gasteiger partial charge in [0.25, 0.3) is 0 Å². The van der Waals surface area contributed by atoms with Crippen LogP contribution in [0.4, 0.5) is 0 Å². The fourth-order valence-corrected chi connectivity index (χ4v) is 2.67. The number of aliphatic hydroxyl groups is 1. The fraction of sp³-hybridized carbons (Fsp3) is 0.692. The lowest BCUT2D eigenvalue weighted by Gasteiger charge is -2.45. The summed E-state index contributed by atoms with van der Waals surface area (Å²) < 4.78 is 0. The Morgan fingerprint density at radius 1 is 1.50 bits per heavy atom. The summed E-state index contributed by atoms with van der Waals surface area (Å²) >= 11 is 0. The van der Waals surface area contributed by atoms with Gasteiger partial charge in [-0.05, 0) is 26.3 Å². The van der Waals surface area contributed by atoms with Crippen molar-refractivity contribution < 1.29 is 9.90 Å². The molecule has 0 radical (unpaired) electrons. The molecule has 2 atom stereocenters. The number of piperazine rings is 1. The fourth-order valence-electron chi connectivity index (χ4n) is 2.67. The number of fused-ring (bicyclic) bond motifs is 1. The van der Waals surface area contributed by atoms with Gasteiger partial charge in [0.05, 0.1) is 25.2 Å². The van der Waals surface area contributed by atoms with Gasteiger partial charge < -0.3 is 14.9 Å². The Bertz CT molecular complexity index is 428. The van der Waals surface area contributed by atoms with Crippen molar-refractivity contribution in [1.29, 1.82) is 0 Å². The molecular weight excluding hydrogens is 230 g/mol. The molecule has 0 saturated carbocycles. The average Bonchev–Trinajstić information content (AvgIpc) is 2.34. The van der Waals surface area contributed by atoms with E-state index >= 15 is 0 Å². The van der Waals surface area contributed by atoms with Crippen LogP contribution in [0.2, 0.25) is 0 Å². The summed E-state index contributed by atoms with van der Waals surface area (Å²) in [6, 6.07) is 0.0355.